The summed E-state index contributed by atoms with van der Waals surface area (Å²) in [5, 5.41) is 2.74. The Hall–Kier alpha value is -2.15. The minimum Gasteiger partial charge on any atom is -0.353 e. The summed E-state index contributed by atoms with van der Waals surface area (Å²) in [5.74, 6) is -0.356. The summed E-state index contributed by atoms with van der Waals surface area (Å²) in [7, 11) is 0. The molecule has 6 nitrogen and oxygen atoms in total. The highest BCUT2D eigenvalue weighted by molar-refractivity contribution is 9.10. The molecule has 2 heterocycles. The third-order valence-corrected chi connectivity index (χ3v) is 4.21. The SMILES string of the molecule is C[C@@H]1C(=O)NCCN1C(=O)c1cn(-c2ccc(Br)cc2)cn1. The lowest BCUT2D eigenvalue weighted by atomic mass is 10.2. The molecule has 1 aromatic carbocycles. The van der Waals surface area contributed by atoms with E-state index in [9.17, 15) is 9.59 Å². The molecule has 2 amide bonds. The van der Waals surface area contributed by atoms with Crippen molar-refractivity contribution in [2.24, 2.45) is 0 Å². The van der Waals surface area contributed by atoms with Crippen molar-refractivity contribution in [1.82, 2.24) is 19.8 Å². The summed E-state index contributed by atoms with van der Waals surface area (Å²) in [5.41, 5.74) is 1.25. The Labute approximate surface area is 136 Å². The van der Waals surface area contributed by atoms with Gasteiger partial charge >= 0.3 is 0 Å². The molecule has 0 aliphatic carbocycles. The van der Waals surface area contributed by atoms with Crippen LogP contribution in [0.4, 0.5) is 0 Å². The zero-order valence-corrected chi connectivity index (χ0v) is 13.6. The molecule has 1 N–H and O–H groups in total. The molecule has 114 valence electrons. The van der Waals surface area contributed by atoms with Gasteiger partial charge in [-0.15, -0.1) is 0 Å². The summed E-state index contributed by atoms with van der Waals surface area (Å²) >= 11 is 3.39. The van der Waals surface area contributed by atoms with Crippen LogP contribution < -0.4 is 5.32 Å². The molecule has 22 heavy (non-hydrogen) atoms. The number of hydrogen-bond acceptors (Lipinski definition) is 3. The van der Waals surface area contributed by atoms with Gasteiger partial charge in [0, 0.05) is 29.4 Å². The van der Waals surface area contributed by atoms with Crippen LogP contribution in [0.25, 0.3) is 5.69 Å². The summed E-state index contributed by atoms with van der Waals surface area (Å²) in [6.07, 6.45) is 3.29. The fraction of sp³-hybridized carbons (Fsp3) is 0.267. The smallest absolute Gasteiger partial charge is 0.274 e. The van der Waals surface area contributed by atoms with Gasteiger partial charge < -0.3 is 14.8 Å². The van der Waals surface area contributed by atoms with E-state index >= 15 is 0 Å². The molecule has 0 saturated carbocycles. The summed E-state index contributed by atoms with van der Waals surface area (Å²) < 4.78 is 2.77. The third kappa shape index (κ3) is 2.76. The van der Waals surface area contributed by atoms with Crippen molar-refractivity contribution in [2.45, 2.75) is 13.0 Å². The lowest BCUT2D eigenvalue weighted by Gasteiger charge is -2.32. The molecule has 1 fully saturated rings. The van der Waals surface area contributed by atoms with E-state index in [1.54, 1.807) is 28.9 Å². The minimum absolute atomic E-state index is 0.132. The van der Waals surface area contributed by atoms with Crippen molar-refractivity contribution in [1.29, 1.82) is 0 Å². The van der Waals surface area contributed by atoms with E-state index in [1.165, 1.54) is 0 Å². The van der Waals surface area contributed by atoms with E-state index in [2.05, 4.69) is 26.2 Å². The topological polar surface area (TPSA) is 67.2 Å². The number of aromatic nitrogens is 2. The largest absolute Gasteiger partial charge is 0.353 e. The molecular formula is C15H15BrN4O2. The first kappa shape index (κ1) is 14.8. The predicted molar refractivity (Wildman–Crippen MR) is 84.8 cm³/mol. The van der Waals surface area contributed by atoms with Crippen LogP contribution in [-0.2, 0) is 4.79 Å². The Bertz CT molecular complexity index is 711. The standard InChI is InChI=1S/C15H15BrN4O2/c1-10-14(21)17-6-7-20(10)15(22)13-8-19(9-18-13)12-4-2-11(16)3-5-12/h2-5,8-10H,6-7H2,1H3,(H,17,21)/t10-/m1/s1. The summed E-state index contributed by atoms with van der Waals surface area (Å²) in [4.78, 5) is 29.9. The number of nitrogens with zero attached hydrogens (tertiary/aromatic N) is 3. The van der Waals surface area contributed by atoms with Crippen molar-refractivity contribution < 1.29 is 9.59 Å². The lowest BCUT2D eigenvalue weighted by molar-refractivity contribution is -0.127. The van der Waals surface area contributed by atoms with Gasteiger partial charge in [0.05, 0.1) is 0 Å². The van der Waals surface area contributed by atoms with Gasteiger partial charge in [0.25, 0.3) is 5.91 Å². The number of carbonyl (C=O) groups is 2. The molecule has 3 rings (SSSR count). The maximum Gasteiger partial charge on any atom is 0.274 e. The number of piperazine rings is 1. The predicted octanol–water partition coefficient (Wildman–Crippen LogP) is 1.60. The second kappa shape index (κ2) is 5.92. The maximum absolute atomic E-state index is 12.5. The molecule has 0 unspecified atom stereocenters. The average molecular weight is 363 g/mol. The first-order chi connectivity index (χ1) is 10.6. The number of hydrogen-bond donors (Lipinski definition) is 1. The van der Waals surface area contributed by atoms with Gasteiger partial charge in [0.1, 0.15) is 18.1 Å². The van der Waals surface area contributed by atoms with E-state index in [-0.39, 0.29) is 11.8 Å². The molecule has 7 heteroatoms. The Balaban J connectivity index is 1.82. The van der Waals surface area contributed by atoms with Crippen molar-refractivity contribution in [3.8, 4) is 5.69 Å². The van der Waals surface area contributed by atoms with Gasteiger partial charge in [-0.2, -0.15) is 0 Å². The van der Waals surface area contributed by atoms with Gasteiger partial charge in [-0.1, -0.05) is 15.9 Å². The number of nitrogens with one attached hydrogen (secondary N) is 1. The van der Waals surface area contributed by atoms with Crippen LogP contribution in [-0.4, -0.2) is 45.4 Å². The number of rotatable bonds is 2. The van der Waals surface area contributed by atoms with Gasteiger partial charge in [0.15, 0.2) is 0 Å². The molecular weight excluding hydrogens is 348 g/mol. The summed E-state index contributed by atoms with van der Waals surface area (Å²) in [6, 6.07) is 7.23. The fourth-order valence-corrected chi connectivity index (χ4v) is 2.66. The van der Waals surface area contributed by atoms with Crippen molar-refractivity contribution in [2.75, 3.05) is 13.1 Å². The van der Waals surface area contributed by atoms with Crippen LogP contribution in [0.2, 0.25) is 0 Å². The molecule has 1 aromatic heterocycles. The molecule has 1 saturated heterocycles. The molecule has 1 aliphatic heterocycles. The molecule has 0 radical (unpaired) electrons. The molecule has 0 bridgehead atoms. The second-order valence-corrected chi connectivity index (χ2v) is 6.02. The first-order valence-electron chi connectivity index (χ1n) is 6.95. The highest BCUT2D eigenvalue weighted by atomic mass is 79.9. The number of imidazole rings is 1. The van der Waals surface area contributed by atoms with E-state index in [4.69, 9.17) is 0 Å². The Morgan fingerprint density at radius 1 is 1.36 bits per heavy atom. The fourth-order valence-electron chi connectivity index (χ4n) is 2.39. The molecule has 1 atom stereocenters. The van der Waals surface area contributed by atoms with Crippen molar-refractivity contribution >= 4 is 27.7 Å². The molecule has 2 aromatic rings. The van der Waals surface area contributed by atoms with Crippen LogP contribution in [0.1, 0.15) is 17.4 Å². The highest BCUT2D eigenvalue weighted by Gasteiger charge is 2.30. The van der Waals surface area contributed by atoms with Crippen LogP contribution in [0.15, 0.2) is 41.3 Å². The van der Waals surface area contributed by atoms with E-state index in [0.717, 1.165) is 10.2 Å². The number of benzene rings is 1. The van der Waals surface area contributed by atoms with Crippen LogP contribution in [0.3, 0.4) is 0 Å². The number of carbonyl (C=O) groups excluding carboxylic acids is 2. The lowest BCUT2D eigenvalue weighted by Crippen LogP contribution is -2.55. The van der Waals surface area contributed by atoms with E-state index in [1.807, 2.05) is 24.3 Å². The molecule has 0 spiro atoms. The Kier molecular flexibility index (Phi) is 3.98. The van der Waals surface area contributed by atoms with E-state index < -0.39 is 6.04 Å². The van der Waals surface area contributed by atoms with Crippen LogP contribution in [0, 0.1) is 0 Å². The van der Waals surface area contributed by atoms with Crippen molar-refractivity contribution in [3.05, 3.63) is 47.0 Å². The maximum atomic E-state index is 12.5. The number of halogens is 1. The zero-order chi connectivity index (χ0) is 15.7. The van der Waals surface area contributed by atoms with Gasteiger partial charge in [-0.25, -0.2) is 4.98 Å². The van der Waals surface area contributed by atoms with Gasteiger partial charge in [-0.05, 0) is 31.2 Å². The Morgan fingerprint density at radius 2 is 2.09 bits per heavy atom. The number of amides is 2. The van der Waals surface area contributed by atoms with E-state index in [0.29, 0.717) is 18.8 Å². The average Bonchev–Trinajstić information content (AvgIpc) is 3.00. The van der Waals surface area contributed by atoms with Gasteiger partial charge in [0.2, 0.25) is 5.91 Å². The first-order valence-corrected chi connectivity index (χ1v) is 7.74. The zero-order valence-electron chi connectivity index (χ0n) is 12.0. The monoisotopic (exact) mass is 362 g/mol. The quantitative estimate of drug-likeness (QED) is 0.881. The highest BCUT2D eigenvalue weighted by Crippen LogP contribution is 2.16. The third-order valence-electron chi connectivity index (χ3n) is 3.69. The summed E-state index contributed by atoms with van der Waals surface area (Å²) in [6.45, 7) is 2.69. The second-order valence-electron chi connectivity index (χ2n) is 5.11. The van der Waals surface area contributed by atoms with Gasteiger partial charge in [-0.3, -0.25) is 9.59 Å². The van der Waals surface area contributed by atoms with Crippen LogP contribution >= 0.6 is 15.9 Å². The molecule has 1 aliphatic rings. The van der Waals surface area contributed by atoms with Crippen molar-refractivity contribution in [3.63, 3.8) is 0 Å². The Morgan fingerprint density at radius 3 is 2.82 bits per heavy atom. The van der Waals surface area contributed by atoms with Crippen LogP contribution in [0.5, 0.6) is 0 Å². The minimum atomic E-state index is -0.473. The normalized spacial score (nSPS) is 18.2.